The van der Waals surface area contributed by atoms with Crippen LogP contribution < -0.4 is 11.4 Å². The minimum atomic E-state index is -1.35. The van der Waals surface area contributed by atoms with Crippen LogP contribution in [0.5, 0.6) is 0 Å². The number of carboxylic acids is 1. The van der Waals surface area contributed by atoms with E-state index in [-0.39, 0.29) is 28.9 Å². The third-order valence-electron chi connectivity index (χ3n) is 4.94. The predicted octanol–water partition coefficient (Wildman–Crippen LogP) is 2.58. The first-order valence-electron chi connectivity index (χ1n) is 9.77. The topological polar surface area (TPSA) is 108 Å². The molecule has 0 radical (unpaired) electrons. The van der Waals surface area contributed by atoms with Gasteiger partial charge in [0.1, 0.15) is 12.4 Å². The van der Waals surface area contributed by atoms with E-state index in [1.165, 1.54) is 14.1 Å². The fourth-order valence-corrected chi connectivity index (χ4v) is 3.43. The van der Waals surface area contributed by atoms with Crippen molar-refractivity contribution in [2.24, 2.45) is 19.3 Å². The Morgan fingerprint density at radius 1 is 1.09 bits per heavy atom. The molecule has 11 heteroatoms. The molecule has 2 aromatic carbocycles. The first kappa shape index (κ1) is 23.8. The number of nitrogens with zero attached hydrogens (tertiary/aromatic N) is 4. The van der Waals surface area contributed by atoms with Crippen molar-refractivity contribution in [1.29, 1.82) is 0 Å². The smallest absolute Gasteiger partial charge is 0.338 e. The summed E-state index contributed by atoms with van der Waals surface area (Å²) in [5.74, 6) is -2.29. The van der Waals surface area contributed by atoms with Crippen molar-refractivity contribution in [3.63, 3.8) is 0 Å². The molecule has 1 N–H and O–H groups in total. The van der Waals surface area contributed by atoms with Gasteiger partial charge in [0.15, 0.2) is 4.77 Å². The molecule has 0 aliphatic heterocycles. The molecule has 1 heterocycles. The van der Waals surface area contributed by atoms with Crippen molar-refractivity contribution in [1.82, 2.24) is 13.7 Å². The third-order valence-corrected chi connectivity index (χ3v) is 5.49. The highest BCUT2D eigenvalue weighted by atomic mass is 32.1. The van der Waals surface area contributed by atoms with Crippen LogP contribution in [0.1, 0.15) is 28.4 Å². The lowest BCUT2D eigenvalue weighted by Gasteiger charge is -2.16. The van der Waals surface area contributed by atoms with E-state index in [9.17, 15) is 19.5 Å². The number of rotatable bonds is 7. The van der Waals surface area contributed by atoms with Crippen LogP contribution >= 0.6 is 12.2 Å². The average Bonchev–Trinajstić information content (AvgIpc) is 2.78. The van der Waals surface area contributed by atoms with E-state index in [4.69, 9.17) is 17.1 Å². The number of aromatic nitrogens is 3. The second-order valence-electron chi connectivity index (χ2n) is 7.29. The lowest BCUT2D eigenvalue weighted by atomic mass is 9.99. The van der Waals surface area contributed by atoms with Gasteiger partial charge < -0.3 is 9.94 Å². The highest BCUT2D eigenvalue weighted by molar-refractivity contribution is 7.71. The lowest BCUT2D eigenvalue weighted by Crippen LogP contribution is -2.44. The number of aromatic carboxylic acids is 1. The Balaban J connectivity index is 2.13. The Bertz CT molecular complexity index is 1380. The summed E-state index contributed by atoms with van der Waals surface area (Å²) in [5.41, 5.74) is -1.45. The molecule has 0 unspecified atom stereocenters. The van der Waals surface area contributed by atoms with Gasteiger partial charge in [-0.3, -0.25) is 9.13 Å². The van der Waals surface area contributed by atoms with E-state index in [1.807, 2.05) is 30.3 Å². The van der Waals surface area contributed by atoms with Gasteiger partial charge in [-0.15, -0.1) is 0 Å². The molecule has 0 aliphatic rings. The van der Waals surface area contributed by atoms with Crippen LogP contribution in [0.25, 0.3) is 5.69 Å². The quantitative estimate of drug-likeness (QED) is 0.322. The number of oxime groups is 1. The number of hydrogen-bond donors (Lipinski definition) is 1. The Hall–Kier alpha value is -3.86. The first-order chi connectivity index (χ1) is 15.6. The van der Waals surface area contributed by atoms with Crippen LogP contribution in [0, 0.1) is 10.6 Å². The monoisotopic (exact) mass is 472 g/mol. The fourth-order valence-electron chi connectivity index (χ4n) is 3.27. The van der Waals surface area contributed by atoms with E-state index in [0.717, 1.165) is 26.8 Å². The second kappa shape index (κ2) is 9.74. The minimum absolute atomic E-state index is 0.0651. The van der Waals surface area contributed by atoms with Crippen molar-refractivity contribution in [3.05, 3.63) is 90.7 Å². The van der Waals surface area contributed by atoms with Gasteiger partial charge in [-0.2, -0.15) is 0 Å². The molecule has 0 aliphatic carbocycles. The SMILES string of the molecule is CC(Cc1c(C(=O)O)ccc(F)c1-n1c(=O)n(C)c(=S)n(C)c1=O)=NOCc1ccccc1. The van der Waals surface area contributed by atoms with Crippen LogP contribution in [-0.4, -0.2) is 30.5 Å². The van der Waals surface area contributed by atoms with Crippen LogP contribution in [0.15, 0.2) is 57.2 Å². The summed E-state index contributed by atoms with van der Waals surface area (Å²) in [5, 5.41) is 13.7. The van der Waals surface area contributed by atoms with E-state index in [0.29, 0.717) is 10.3 Å². The maximum absolute atomic E-state index is 15.0. The molecule has 0 atom stereocenters. The van der Waals surface area contributed by atoms with Crippen LogP contribution in [0.2, 0.25) is 0 Å². The van der Waals surface area contributed by atoms with Gasteiger partial charge in [-0.25, -0.2) is 23.3 Å². The number of halogens is 1. The Morgan fingerprint density at radius 2 is 1.70 bits per heavy atom. The molecule has 3 rings (SSSR count). The van der Waals surface area contributed by atoms with Gasteiger partial charge in [0, 0.05) is 20.5 Å². The summed E-state index contributed by atoms with van der Waals surface area (Å²) in [6.07, 6.45) is -0.182. The maximum Gasteiger partial charge on any atom is 0.338 e. The van der Waals surface area contributed by atoms with Crippen molar-refractivity contribution in [2.75, 3.05) is 0 Å². The van der Waals surface area contributed by atoms with E-state index in [2.05, 4.69) is 5.16 Å². The van der Waals surface area contributed by atoms with Crippen LogP contribution in [0.4, 0.5) is 4.39 Å². The molecule has 33 heavy (non-hydrogen) atoms. The maximum atomic E-state index is 15.0. The molecule has 172 valence electrons. The molecular formula is C22H21FN4O5S. The standard InChI is InChI=1S/C22H21FN4O5S/c1-13(24-32-12-14-7-5-4-6-8-14)11-16-15(19(28)29)9-10-17(23)18(16)27-20(30)25(2)22(33)26(3)21(27)31/h4-10H,11-12H2,1-3H3,(H,28,29). The molecule has 9 nitrogen and oxygen atoms in total. The molecule has 0 saturated heterocycles. The summed E-state index contributed by atoms with van der Waals surface area (Å²) >= 11 is 5.06. The van der Waals surface area contributed by atoms with Gasteiger partial charge in [-0.05, 0) is 42.4 Å². The zero-order valence-corrected chi connectivity index (χ0v) is 18.9. The molecule has 0 saturated carbocycles. The summed E-state index contributed by atoms with van der Waals surface area (Å²) < 4.78 is 17.5. The highest BCUT2D eigenvalue weighted by Gasteiger charge is 2.24. The van der Waals surface area contributed by atoms with Gasteiger partial charge in [0.2, 0.25) is 0 Å². The molecular weight excluding hydrogens is 451 g/mol. The molecule has 0 fully saturated rings. The van der Waals surface area contributed by atoms with E-state index < -0.39 is 28.9 Å². The zero-order chi connectivity index (χ0) is 24.3. The summed E-state index contributed by atoms with van der Waals surface area (Å²) in [6, 6.07) is 11.2. The Morgan fingerprint density at radius 3 is 2.27 bits per heavy atom. The number of carbonyl (C=O) groups is 1. The van der Waals surface area contributed by atoms with Crippen molar-refractivity contribution >= 4 is 23.9 Å². The van der Waals surface area contributed by atoms with Crippen LogP contribution in [-0.2, 0) is 32.0 Å². The Kier molecular flexibility index (Phi) is 7.02. The summed E-state index contributed by atoms with van der Waals surface area (Å²) in [7, 11) is 2.67. The van der Waals surface area contributed by atoms with Gasteiger partial charge in [0.05, 0.1) is 17.0 Å². The fraction of sp³-hybridized carbons (Fsp3) is 0.227. The van der Waals surface area contributed by atoms with Crippen LogP contribution in [0.3, 0.4) is 0 Å². The molecule has 0 bridgehead atoms. The third kappa shape index (κ3) is 4.82. The van der Waals surface area contributed by atoms with E-state index >= 15 is 4.39 Å². The first-order valence-corrected chi connectivity index (χ1v) is 10.2. The number of carboxylic acid groups (broad SMARTS) is 1. The summed E-state index contributed by atoms with van der Waals surface area (Å²) in [4.78, 5) is 42.9. The molecule has 3 aromatic rings. The Labute approximate surface area is 192 Å². The van der Waals surface area contributed by atoms with Gasteiger partial charge >= 0.3 is 17.3 Å². The molecule has 0 spiro atoms. The van der Waals surface area contributed by atoms with Crippen molar-refractivity contribution in [2.45, 2.75) is 20.0 Å². The highest BCUT2D eigenvalue weighted by Crippen LogP contribution is 2.22. The minimum Gasteiger partial charge on any atom is -0.478 e. The second-order valence-corrected chi connectivity index (χ2v) is 7.66. The van der Waals surface area contributed by atoms with E-state index in [1.54, 1.807) is 6.92 Å². The normalized spacial score (nSPS) is 11.5. The van der Waals surface area contributed by atoms with Crippen molar-refractivity contribution < 1.29 is 19.1 Å². The number of benzene rings is 2. The van der Waals surface area contributed by atoms with Gasteiger partial charge in [-0.1, -0.05) is 35.5 Å². The van der Waals surface area contributed by atoms with Crippen molar-refractivity contribution in [3.8, 4) is 5.69 Å². The molecule has 0 amide bonds. The average molecular weight is 472 g/mol. The van der Waals surface area contributed by atoms with Gasteiger partial charge in [0.25, 0.3) is 0 Å². The zero-order valence-electron chi connectivity index (χ0n) is 18.1. The predicted molar refractivity (Wildman–Crippen MR) is 122 cm³/mol. The molecule has 1 aromatic heterocycles. The summed E-state index contributed by atoms with van der Waals surface area (Å²) in [6.45, 7) is 1.74. The largest absolute Gasteiger partial charge is 0.478 e. The lowest BCUT2D eigenvalue weighted by molar-refractivity contribution is 0.0695. The number of hydrogen-bond acceptors (Lipinski definition) is 6.